The molecule has 2 nitrogen and oxygen atoms in total. The highest BCUT2D eigenvalue weighted by Crippen LogP contribution is 2.05. The van der Waals surface area contributed by atoms with Gasteiger partial charge in [0.05, 0.1) is 0 Å². The predicted octanol–water partition coefficient (Wildman–Crippen LogP) is 1.87. The number of carbonyl (C=O) groups is 1. The molecule has 2 aromatic rings. The number of hydrogen-bond acceptors (Lipinski definition) is 2. The van der Waals surface area contributed by atoms with Crippen molar-refractivity contribution in [2.45, 2.75) is 4.84 Å². The Kier molecular flexibility index (Phi) is 5.02. The van der Waals surface area contributed by atoms with Crippen molar-refractivity contribution in [2.75, 3.05) is 0 Å². The van der Waals surface area contributed by atoms with E-state index in [4.69, 9.17) is 27.6 Å². The fraction of sp³-hybridized carbons (Fsp3) is 0.0714. The maximum Gasteiger partial charge on any atom is 0.326 e. The second-order valence-corrected chi connectivity index (χ2v) is 7.36. The fourth-order valence-corrected chi connectivity index (χ4v) is 4.20. The van der Waals surface area contributed by atoms with Crippen LogP contribution in [0.15, 0.2) is 60.7 Å². The summed E-state index contributed by atoms with van der Waals surface area (Å²) in [6, 6.07) is 19.3. The lowest BCUT2D eigenvalue weighted by atomic mass is 10.4. The zero-order valence-corrected chi connectivity index (χ0v) is 12.7. The summed E-state index contributed by atoms with van der Waals surface area (Å²) in [7, 11) is -2.08. The molecule has 0 spiro atoms. The average Bonchev–Trinajstić information content (AvgIpc) is 2.46. The molecule has 98 valence electrons. The maximum absolute atomic E-state index is 11.6. The second kappa shape index (κ2) is 6.75. The number of hydrogen-bond donors (Lipinski definition) is 0. The Labute approximate surface area is 123 Å². The molecule has 0 fully saturated rings. The van der Waals surface area contributed by atoms with Gasteiger partial charge in [0.2, 0.25) is 4.84 Å². The van der Waals surface area contributed by atoms with Crippen molar-refractivity contribution < 1.29 is 9.22 Å². The molecule has 0 saturated carbocycles. The molecule has 0 aliphatic heterocycles. The Morgan fingerprint density at radius 3 is 1.68 bits per heavy atom. The van der Waals surface area contributed by atoms with E-state index in [1.54, 1.807) is 0 Å². The van der Waals surface area contributed by atoms with Crippen molar-refractivity contribution in [3.8, 4) is 0 Å². The van der Waals surface area contributed by atoms with Crippen molar-refractivity contribution in [3.63, 3.8) is 0 Å². The van der Waals surface area contributed by atoms with E-state index in [0.717, 1.165) is 10.4 Å². The number of benzene rings is 2. The predicted molar refractivity (Wildman–Crippen MR) is 80.9 cm³/mol. The molecule has 5 heteroatoms. The average molecular weight is 311 g/mol. The largest absolute Gasteiger partial charge is 0.511 e. The molecule has 19 heavy (non-hydrogen) atoms. The standard InChI is InChI=1S/C14H12Cl2O2Si/c15-13(16)14(17)18-19(11-7-3-1-4-8-11)12-9-5-2-6-10-12/h1-10,13,19H. The van der Waals surface area contributed by atoms with Gasteiger partial charge in [-0.25, -0.2) is 0 Å². The quantitative estimate of drug-likeness (QED) is 0.636. The summed E-state index contributed by atoms with van der Waals surface area (Å²) >= 11 is 11.1. The molecule has 0 atom stereocenters. The Morgan fingerprint density at radius 1 is 0.895 bits per heavy atom. The molecule has 0 aliphatic rings. The van der Waals surface area contributed by atoms with Crippen LogP contribution in [0.4, 0.5) is 0 Å². The Bertz CT molecular complexity index is 492. The zero-order valence-electron chi connectivity index (χ0n) is 10.0. The van der Waals surface area contributed by atoms with Crippen molar-refractivity contribution in [3.05, 3.63) is 60.7 Å². The minimum absolute atomic E-state index is 0.590. The van der Waals surface area contributed by atoms with Crippen molar-refractivity contribution in [1.29, 1.82) is 0 Å². The van der Waals surface area contributed by atoms with Gasteiger partial charge in [0.15, 0.2) is 0 Å². The first-order chi connectivity index (χ1) is 9.18. The summed E-state index contributed by atoms with van der Waals surface area (Å²) in [5, 5.41) is 2.02. The molecule has 0 unspecified atom stereocenters. The third kappa shape index (κ3) is 3.83. The van der Waals surface area contributed by atoms with Crippen LogP contribution in [0.2, 0.25) is 0 Å². The first-order valence-electron chi connectivity index (χ1n) is 5.77. The number of halogens is 2. The van der Waals surface area contributed by atoms with Gasteiger partial charge in [-0.3, -0.25) is 4.79 Å². The van der Waals surface area contributed by atoms with Crippen molar-refractivity contribution in [2.24, 2.45) is 0 Å². The fourth-order valence-electron chi connectivity index (χ4n) is 1.75. The molecular weight excluding hydrogens is 299 g/mol. The van der Waals surface area contributed by atoms with Gasteiger partial charge in [0, 0.05) is 0 Å². The topological polar surface area (TPSA) is 26.3 Å². The highest BCUT2D eigenvalue weighted by molar-refractivity contribution is 6.81. The Morgan fingerprint density at radius 2 is 1.32 bits per heavy atom. The van der Waals surface area contributed by atoms with Crippen LogP contribution in [0.1, 0.15) is 0 Å². The first kappa shape index (κ1) is 14.1. The summed E-state index contributed by atoms with van der Waals surface area (Å²) in [4.78, 5) is 10.5. The highest BCUT2D eigenvalue weighted by atomic mass is 35.5. The van der Waals surface area contributed by atoms with E-state index in [2.05, 4.69) is 0 Å². The number of carbonyl (C=O) groups excluding carboxylic acids is 1. The van der Waals surface area contributed by atoms with Gasteiger partial charge < -0.3 is 4.43 Å². The van der Waals surface area contributed by atoms with Crippen LogP contribution >= 0.6 is 23.2 Å². The SMILES string of the molecule is O=C(O[SiH](c1ccccc1)c1ccccc1)C(Cl)Cl. The van der Waals surface area contributed by atoms with Crippen LogP contribution < -0.4 is 10.4 Å². The lowest BCUT2D eigenvalue weighted by molar-refractivity contribution is -0.132. The molecule has 0 bridgehead atoms. The van der Waals surface area contributed by atoms with E-state index in [-0.39, 0.29) is 0 Å². The van der Waals surface area contributed by atoms with Crippen LogP contribution in [0.3, 0.4) is 0 Å². The monoisotopic (exact) mass is 310 g/mol. The highest BCUT2D eigenvalue weighted by Gasteiger charge is 2.24. The number of rotatable bonds is 4. The molecule has 0 heterocycles. The third-order valence-corrected chi connectivity index (χ3v) is 5.42. The molecular formula is C14H12Cl2O2Si. The Balaban J connectivity index is 2.32. The van der Waals surface area contributed by atoms with Gasteiger partial charge in [-0.1, -0.05) is 83.9 Å². The van der Waals surface area contributed by atoms with Gasteiger partial charge in [0.25, 0.3) is 0 Å². The van der Waals surface area contributed by atoms with E-state index in [0.29, 0.717) is 0 Å². The molecule has 0 amide bonds. The molecule has 2 aromatic carbocycles. The van der Waals surface area contributed by atoms with Crippen molar-refractivity contribution in [1.82, 2.24) is 0 Å². The van der Waals surface area contributed by atoms with Crippen LogP contribution in [0, 0.1) is 0 Å². The van der Waals surface area contributed by atoms with E-state index in [9.17, 15) is 4.79 Å². The van der Waals surface area contributed by atoms with Gasteiger partial charge in [-0.05, 0) is 10.4 Å². The molecule has 0 radical (unpaired) electrons. The van der Waals surface area contributed by atoms with Crippen LogP contribution in [-0.4, -0.2) is 19.8 Å². The zero-order chi connectivity index (χ0) is 13.7. The minimum Gasteiger partial charge on any atom is -0.511 e. The summed E-state index contributed by atoms with van der Waals surface area (Å²) in [6.45, 7) is 0. The summed E-state index contributed by atoms with van der Waals surface area (Å²) in [5.41, 5.74) is 0. The van der Waals surface area contributed by atoms with E-state index >= 15 is 0 Å². The summed E-state index contributed by atoms with van der Waals surface area (Å²) < 4.78 is 5.52. The normalized spacial score (nSPS) is 10.7. The molecule has 0 saturated heterocycles. The third-order valence-electron chi connectivity index (χ3n) is 2.62. The lowest BCUT2D eigenvalue weighted by Gasteiger charge is -2.17. The molecule has 0 aromatic heterocycles. The van der Waals surface area contributed by atoms with Crippen LogP contribution in [-0.2, 0) is 9.22 Å². The van der Waals surface area contributed by atoms with Gasteiger partial charge in [-0.2, -0.15) is 0 Å². The van der Waals surface area contributed by atoms with E-state index < -0.39 is 19.8 Å². The molecule has 0 N–H and O–H groups in total. The first-order valence-corrected chi connectivity index (χ1v) is 8.27. The molecule has 0 aliphatic carbocycles. The molecule has 2 rings (SSSR count). The lowest BCUT2D eigenvalue weighted by Crippen LogP contribution is -2.47. The summed E-state index contributed by atoms with van der Waals surface area (Å²) in [6.07, 6.45) is 0. The van der Waals surface area contributed by atoms with Crippen LogP contribution in [0.25, 0.3) is 0 Å². The Hall–Kier alpha value is -1.29. The van der Waals surface area contributed by atoms with Crippen LogP contribution in [0.5, 0.6) is 0 Å². The summed E-state index contributed by atoms with van der Waals surface area (Å²) in [5.74, 6) is -0.590. The van der Waals surface area contributed by atoms with E-state index in [1.165, 1.54) is 0 Å². The van der Waals surface area contributed by atoms with Gasteiger partial charge >= 0.3 is 15.0 Å². The van der Waals surface area contributed by atoms with Gasteiger partial charge in [-0.15, -0.1) is 0 Å². The number of alkyl halides is 2. The van der Waals surface area contributed by atoms with E-state index in [1.807, 2.05) is 60.7 Å². The smallest absolute Gasteiger partial charge is 0.326 e. The minimum atomic E-state index is -2.08. The van der Waals surface area contributed by atoms with Gasteiger partial charge in [0.1, 0.15) is 0 Å². The van der Waals surface area contributed by atoms with Crippen molar-refractivity contribution >= 4 is 48.6 Å². The maximum atomic E-state index is 11.6. The second-order valence-electron chi connectivity index (χ2n) is 3.94.